The topological polar surface area (TPSA) is 58.9 Å². The Morgan fingerprint density at radius 2 is 2.10 bits per heavy atom. The van der Waals surface area contributed by atoms with E-state index in [1.54, 1.807) is 0 Å². The molecule has 2 rings (SSSR count). The van der Waals surface area contributed by atoms with Crippen molar-refractivity contribution < 1.29 is 19.7 Å². The zero-order chi connectivity index (χ0) is 14.5. The van der Waals surface area contributed by atoms with Crippen LogP contribution in [-0.4, -0.2) is 35.6 Å². The highest BCUT2D eigenvalue weighted by Crippen LogP contribution is 2.31. The summed E-state index contributed by atoms with van der Waals surface area (Å²) < 4.78 is 10.9. The molecule has 4 nitrogen and oxygen atoms in total. The summed E-state index contributed by atoms with van der Waals surface area (Å²) in [6, 6.07) is 5.74. The van der Waals surface area contributed by atoms with Crippen LogP contribution in [0.5, 0.6) is 5.75 Å². The summed E-state index contributed by atoms with van der Waals surface area (Å²) in [5.74, 6) is 0.737. The van der Waals surface area contributed by atoms with E-state index < -0.39 is 6.10 Å². The van der Waals surface area contributed by atoms with E-state index in [1.807, 2.05) is 32.0 Å². The first-order valence-electron chi connectivity index (χ1n) is 7.29. The Bertz CT molecular complexity index is 430. The first-order valence-corrected chi connectivity index (χ1v) is 7.29. The van der Waals surface area contributed by atoms with E-state index in [1.165, 1.54) is 0 Å². The van der Waals surface area contributed by atoms with Crippen molar-refractivity contribution in [2.75, 3.05) is 13.2 Å². The van der Waals surface area contributed by atoms with Gasteiger partial charge in [-0.25, -0.2) is 0 Å². The highest BCUT2D eigenvalue weighted by molar-refractivity contribution is 5.38. The van der Waals surface area contributed by atoms with Crippen LogP contribution in [0.25, 0.3) is 0 Å². The SMILES string of the molecule is CC(C)OCC(O)COc1ccc2c(c1)CCCC2O. The van der Waals surface area contributed by atoms with Crippen molar-refractivity contribution in [3.05, 3.63) is 29.3 Å². The molecule has 2 atom stereocenters. The number of aliphatic hydroxyl groups is 2. The van der Waals surface area contributed by atoms with E-state index in [4.69, 9.17) is 9.47 Å². The summed E-state index contributed by atoms with van der Waals surface area (Å²) >= 11 is 0. The van der Waals surface area contributed by atoms with Crippen molar-refractivity contribution in [2.45, 2.75) is 51.4 Å². The minimum atomic E-state index is -0.626. The quantitative estimate of drug-likeness (QED) is 0.839. The molecule has 1 aliphatic rings. The van der Waals surface area contributed by atoms with E-state index in [0.717, 1.165) is 36.1 Å². The van der Waals surface area contributed by atoms with Gasteiger partial charge < -0.3 is 19.7 Å². The summed E-state index contributed by atoms with van der Waals surface area (Å²) in [4.78, 5) is 0. The molecule has 0 saturated carbocycles. The van der Waals surface area contributed by atoms with Crippen LogP contribution in [0.3, 0.4) is 0 Å². The van der Waals surface area contributed by atoms with Gasteiger partial charge in [0.25, 0.3) is 0 Å². The lowest BCUT2D eigenvalue weighted by Crippen LogP contribution is -2.25. The van der Waals surface area contributed by atoms with Crippen molar-refractivity contribution in [2.24, 2.45) is 0 Å². The van der Waals surface area contributed by atoms with Crippen LogP contribution in [0.4, 0.5) is 0 Å². The maximum atomic E-state index is 9.89. The summed E-state index contributed by atoms with van der Waals surface area (Å²) in [7, 11) is 0. The molecule has 1 aromatic carbocycles. The fourth-order valence-corrected chi connectivity index (χ4v) is 2.40. The molecule has 0 heterocycles. The summed E-state index contributed by atoms with van der Waals surface area (Å²) in [5.41, 5.74) is 2.15. The predicted molar refractivity (Wildman–Crippen MR) is 76.9 cm³/mol. The molecule has 0 bridgehead atoms. The van der Waals surface area contributed by atoms with E-state index >= 15 is 0 Å². The lowest BCUT2D eigenvalue weighted by atomic mass is 9.89. The van der Waals surface area contributed by atoms with Crippen molar-refractivity contribution in [1.82, 2.24) is 0 Å². The lowest BCUT2D eigenvalue weighted by molar-refractivity contribution is -0.0123. The van der Waals surface area contributed by atoms with Crippen molar-refractivity contribution in [1.29, 1.82) is 0 Å². The minimum absolute atomic E-state index is 0.106. The van der Waals surface area contributed by atoms with E-state index in [0.29, 0.717) is 0 Å². The van der Waals surface area contributed by atoms with Crippen LogP contribution in [0, 0.1) is 0 Å². The van der Waals surface area contributed by atoms with Crippen LogP contribution >= 0.6 is 0 Å². The fraction of sp³-hybridized carbons (Fsp3) is 0.625. The van der Waals surface area contributed by atoms with Gasteiger partial charge in [0.1, 0.15) is 18.5 Å². The molecule has 0 radical (unpaired) electrons. The van der Waals surface area contributed by atoms with Crippen molar-refractivity contribution in [3.63, 3.8) is 0 Å². The maximum absolute atomic E-state index is 9.89. The third-order valence-electron chi connectivity index (χ3n) is 3.46. The molecule has 2 N–H and O–H groups in total. The molecule has 1 aromatic rings. The molecule has 0 fully saturated rings. The minimum Gasteiger partial charge on any atom is -0.491 e. The molecule has 0 amide bonds. The second kappa shape index (κ2) is 7.07. The Morgan fingerprint density at radius 3 is 2.85 bits per heavy atom. The van der Waals surface area contributed by atoms with Crippen LogP contribution in [0.1, 0.15) is 43.9 Å². The van der Waals surface area contributed by atoms with Crippen molar-refractivity contribution in [3.8, 4) is 5.75 Å². The highest BCUT2D eigenvalue weighted by Gasteiger charge is 2.18. The maximum Gasteiger partial charge on any atom is 0.119 e. The molecule has 0 aromatic heterocycles. The zero-order valence-corrected chi connectivity index (χ0v) is 12.2. The van der Waals surface area contributed by atoms with Crippen molar-refractivity contribution >= 4 is 0 Å². The third kappa shape index (κ3) is 4.20. The average molecular weight is 280 g/mol. The van der Waals surface area contributed by atoms with E-state index in [-0.39, 0.29) is 25.4 Å². The molecular formula is C16H24O4. The second-order valence-electron chi connectivity index (χ2n) is 5.62. The standard InChI is InChI=1S/C16H24O4/c1-11(2)19-9-13(17)10-20-14-6-7-15-12(8-14)4-3-5-16(15)18/h6-8,11,13,16-18H,3-5,9-10H2,1-2H3. The molecule has 20 heavy (non-hydrogen) atoms. The van der Waals surface area contributed by atoms with Gasteiger partial charge in [0, 0.05) is 0 Å². The van der Waals surface area contributed by atoms with Crippen LogP contribution in [0.2, 0.25) is 0 Å². The Morgan fingerprint density at radius 1 is 1.30 bits per heavy atom. The number of ether oxygens (including phenoxy) is 2. The summed E-state index contributed by atoms with van der Waals surface area (Å²) in [5, 5.41) is 19.6. The monoisotopic (exact) mass is 280 g/mol. The number of hydrogen-bond acceptors (Lipinski definition) is 4. The molecule has 1 aliphatic carbocycles. The van der Waals surface area contributed by atoms with Gasteiger partial charge in [-0.1, -0.05) is 6.07 Å². The number of fused-ring (bicyclic) bond motifs is 1. The van der Waals surface area contributed by atoms with Gasteiger partial charge in [0.05, 0.1) is 18.8 Å². The number of benzene rings is 1. The first kappa shape index (κ1) is 15.3. The molecular weight excluding hydrogens is 256 g/mol. The van der Waals surface area contributed by atoms with Gasteiger partial charge in [0.2, 0.25) is 0 Å². The van der Waals surface area contributed by atoms with Crippen LogP contribution in [-0.2, 0) is 11.2 Å². The normalized spacial score (nSPS) is 19.8. The number of rotatable bonds is 6. The summed E-state index contributed by atoms with van der Waals surface area (Å²) in [6.07, 6.45) is 1.94. The first-order chi connectivity index (χ1) is 9.56. The fourth-order valence-electron chi connectivity index (χ4n) is 2.40. The van der Waals surface area contributed by atoms with Gasteiger partial charge in [-0.05, 0) is 56.4 Å². The molecule has 4 heteroatoms. The van der Waals surface area contributed by atoms with E-state index in [9.17, 15) is 10.2 Å². The number of aliphatic hydroxyl groups excluding tert-OH is 2. The third-order valence-corrected chi connectivity index (χ3v) is 3.46. The zero-order valence-electron chi connectivity index (χ0n) is 12.2. The molecule has 112 valence electrons. The average Bonchev–Trinajstić information content (AvgIpc) is 2.43. The Balaban J connectivity index is 1.87. The summed E-state index contributed by atoms with van der Waals surface area (Å²) in [6.45, 7) is 4.36. The van der Waals surface area contributed by atoms with Gasteiger partial charge in [-0.15, -0.1) is 0 Å². The van der Waals surface area contributed by atoms with E-state index in [2.05, 4.69) is 0 Å². The number of aryl methyl sites for hydroxylation is 1. The number of hydrogen-bond donors (Lipinski definition) is 2. The lowest BCUT2D eigenvalue weighted by Gasteiger charge is -2.22. The van der Waals surface area contributed by atoms with Crippen LogP contribution < -0.4 is 4.74 Å². The Hall–Kier alpha value is -1.10. The van der Waals surface area contributed by atoms with Gasteiger partial charge >= 0.3 is 0 Å². The molecule has 2 unspecified atom stereocenters. The van der Waals surface area contributed by atoms with Gasteiger partial charge in [-0.3, -0.25) is 0 Å². The molecule has 0 aliphatic heterocycles. The molecule has 0 saturated heterocycles. The molecule has 0 spiro atoms. The van der Waals surface area contributed by atoms with Crippen LogP contribution in [0.15, 0.2) is 18.2 Å². The van der Waals surface area contributed by atoms with Gasteiger partial charge in [-0.2, -0.15) is 0 Å². The Labute approximate surface area is 120 Å². The smallest absolute Gasteiger partial charge is 0.119 e. The Kier molecular flexibility index (Phi) is 5.40. The highest BCUT2D eigenvalue weighted by atomic mass is 16.5. The predicted octanol–water partition coefficient (Wildman–Crippen LogP) is 2.22. The largest absolute Gasteiger partial charge is 0.491 e. The second-order valence-corrected chi connectivity index (χ2v) is 5.62. The van der Waals surface area contributed by atoms with Gasteiger partial charge in [0.15, 0.2) is 0 Å².